The molecule has 0 radical (unpaired) electrons. The summed E-state index contributed by atoms with van der Waals surface area (Å²) in [7, 11) is 0. The molecule has 1 aliphatic carbocycles. The molecule has 17 heavy (non-hydrogen) atoms. The first-order valence-electron chi connectivity index (χ1n) is 6.35. The summed E-state index contributed by atoms with van der Waals surface area (Å²) < 4.78 is 0. The molecule has 3 heteroatoms. The maximum Gasteiger partial charge on any atom is 0.307 e. The number of carbonyl (C=O) groups is 1. The molecule has 0 spiro atoms. The smallest absolute Gasteiger partial charge is 0.307 e. The van der Waals surface area contributed by atoms with Crippen molar-refractivity contribution in [3.63, 3.8) is 0 Å². The number of hydrogen-bond acceptors (Lipinski definition) is 2. The van der Waals surface area contributed by atoms with Gasteiger partial charge in [0.2, 0.25) is 0 Å². The molecular weight excluding hydrogens is 214 g/mol. The average molecular weight is 231 g/mol. The van der Waals surface area contributed by atoms with Crippen molar-refractivity contribution in [1.82, 2.24) is 0 Å². The van der Waals surface area contributed by atoms with Crippen molar-refractivity contribution in [3.8, 4) is 0 Å². The van der Waals surface area contributed by atoms with Crippen molar-refractivity contribution in [2.75, 3.05) is 11.4 Å². The van der Waals surface area contributed by atoms with Crippen LogP contribution in [0.15, 0.2) is 18.2 Å². The number of carboxylic acids is 1. The molecule has 0 bridgehead atoms. The second-order valence-electron chi connectivity index (χ2n) is 5.01. The molecule has 0 saturated heterocycles. The van der Waals surface area contributed by atoms with E-state index in [2.05, 4.69) is 11.0 Å². The third kappa shape index (κ3) is 1.79. The minimum atomic E-state index is -0.736. The van der Waals surface area contributed by atoms with Gasteiger partial charge in [0.15, 0.2) is 0 Å². The fraction of sp³-hybridized carbons (Fsp3) is 0.500. The van der Waals surface area contributed by atoms with Gasteiger partial charge in [0.1, 0.15) is 0 Å². The molecule has 2 aliphatic rings. The van der Waals surface area contributed by atoms with Crippen LogP contribution in [-0.2, 0) is 17.6 Å². The first kappa shape index (κ1) is 10.6. The lowest BCUT2D eigenvalue weighted by Crippen LogP contribution is -2.38. The normalized spacial score (nSPS) is 18.9. The molecule has 1 fully saturated rings. The van der Waals surface area contributed by atoms with Crippen molar-refractivity contribution in [2.24, 2.45) is 0 Å². The lowest BCUT2D eigenvalue weighted by molar-refractivity contribution is -0.136. The van der Waals surface area contributed by atoms with Crippen molar-refractivity contribution < 1.29 is 9.90 Å². The lowest BCUT2D eigenvalue weighted by Gasteiger charge is -2.36. The summed E-state index contributed by atoms with van der Waals surface area (Å²) in [4.78, 5) is 13.3. The highest BCUT2D eigenvalue weighted by molar-refractivity contribution is 5.73. The van der Waals surface area contributed by atoms with Gasteiger partial charge in [-0.25, -0.2) is 0 Å². The second kappa shape index (κ2) is 4.06. The molecule has 0 unspecified atom stereocenters. The van der Waals surface area contributed by atoms with Crippen LogP contribution in [0, 0.1) is 0 Å². The molecule has 3 rings (SSSR count). The number of fused-ring (bicyclic) bond motifs is 1. The van der Waals surface area contributed by atoms with Crippen LogP contribution in [0.5, 0.6) is 0 Å². The van der Waals surface area contributed by atoms with Gasteiger partial charge in [-0.1, -0.05) is 12.1 Å². The molecule has 1 heterocycles. The fourth-order valence-corrected chi connectivity index (χ4v) is 2.94. The molecule has 0 aromatic heterocycles. The Labute approximate surface area is 101 Å². The van der Waals surface area contributed by atoms with Gasteiger partial charge in [0.25, 0.3) is 0 Å². The van der Waals surface area contributed by atoms with Gasteiger partial charge in [0, 0.05) is 18.3 Å². The summed E-state index contributed by atoms with van der Waals surface area (Å²) in [5, 5.41) is 8.92. The van der Waals surface area contributed by atoms with Gasteiger partial charge in [-0.2, -0.15) is 0 Å². The van der Waals surface area contributed by atoms with E-state index in [1.165, 1.54) is 30.5 Å². The summed E-state index contributed by atoms with van der Waals surface area (Å²) >= 11 is 0. The number of hydrogen-bond donors (Lipinski definition) is 1. The molecule has 1 N–H and O–H groups in total. The van der Waals surface area contributed by atoms with Crippen LogP contribution in [0.2, 0.25) is 0 Å². The molecule has 1 aromatic carbocycles. The van der Waals surface area contributed by atoms with E-state index in [1.54, 1.807) is 0 Å². The number of anilines is 1. The second-order valence-corrected chi connectivity index (χ2v) is 5.01. The van der Waals surface area contributed by atoms with E-state index in [0.29, 0.717) is 6.04 Å². The zero-order valence-corrected chi connectivity index (χ0v) is 9.85. The zero-order valence-electron chi connectivity index (χ0n) is 9.85. The molecule has 0 atom stereocenters. The van der Waals surface area contributed by atoms with E-state index in [4.69, 9.17) is 5.11 Å². The zero-order chi connectivity index (χ0) is 11.8. The molecule has 1 saturated carbocycles. The Balaban J connectivity index is 1.91. The summed E-state index contributed by atoms with van der Waals surface area (Å²) in [6.45, 7) is 1.07. The number of rotatable bonds is 3. The summed E-state index contributed by atoms with van der Waals surface area (Å²) in [6, 6.07) is 6.80. The van der Waals surface area contributed by atoms with E-state index in [1.807, 2.05) is 12.1 Å². The molecule has 90 valence electrons. The van der Waals surface area contributed by atoms with Gasteiger partial charge in [-0.05, 0) is 42.9 Å². The Hall–Kier alpha value is -1.51. The predicted octanol–water partition coefficient (Wildman–Crippen LogP) is 2.23. The number of carboxylic acid groups (broad SMARTS) is 1. The third-order valence-corrected chi connectivity index (χ3v) is 4.02. The van der Waals surface area contributed by atoms with E-state index in [0.717, 1.165) is 18.5 Å². The van der Waals surface area contributed by atoms with E-state index >= 15 is 0 Å². The van der Waals surface area contributed by atoms with Gasteiger partial charge in [0.05, 0.1) is 6.42 Å². The lowest BCUT2D eigenvalue weighted by atomic mass is 9.91. The summed E-state index contributed by atoms with van der Waals surface area (Å²) in [5.41, 5.74) is 3.55. The van der Waals surface area contributed by atoms with Gasteiger partial charge in [-0.3, -0.25) is 4.79 Å². The average Bonchev–Trinajstić information content (AvgIpc) is 2.60. The van der Waals surface area contributed by atoms with Crippen LogP contribution in [-0.4, -0.2) is 23.7 Å². The Morgan fingerprint density at radius 1 is 1.41 bits per heavy atom. The highest BCUT2D eigenvalue weighted by atomic mass is 16.4. The molecular formula is C14H17NO2. The van der Waals surface area contributed by atoms with Gasteiger partial charge in [-0.15, -0.1) is 0 Å². The van der Waals surface area contributed by atoms with Crippen molar-refractivity contribution in [1.29, 1.82) is 0 Å². The van der Waals surface area contributed by atoms with Crippen LogP contribution in [0.4, 0.5) is 5.69 Å². The monoisotopic (exact) mass is 231 g/mol. The van der Waals surface area contributed by atoms with Crippen LogP contribution in [0.1, 0.15) is 30.4 Å². The Bertz CT molecular complexity index is 452. The van der Waals surface area contributed by atoms with Gasteiger partial charge < -0.3 is 10.0 Å². The Morgan fingerprint density at radius 2 is 2.24 bits per heavy atom. The van der Waals surface area contributed by atoms with Crippen molar-refractivity contribution >= 4 is 11.7 Å². The van der Waals surface area contributed by atoms with Crippen LogP contribution >= 0.6 is 0 Å². The quantitative estimate of drug-likeness (QED) is 0.867. The fourth-order valence-electron chi connectivity index (χ4n) is 2.94. The maximum atomic E-state index is 10.8. The minimum Gasteiger partial charge on any atom is -0.481 e. The van der Waals surface area contributed by atoms with Crippen LogP contribution in [0.25, 0.3) is 0 Å². The molecule has 1 aromatic rings. The molecule has 0 amide bonds. The predicted molar refractivity (Wildman–Crippen MR) is 66.5 cm³/mol. The first-order valence-corrected chi connectivity index (χ1v) is 6.35. The van der Waals surface area contributed by atoms with Crippen molar-refractivity contribution in [2.45, 2.75) is 38.1 Å². The SMILES string of the molecule is O=C(O)Cc1cccc2c1CCN2C1CCC1. The van der Waals surface area contributed by atoms with Gasteiger partial charge >= 0.3 is 5.97 Å². The topological polar surface area (TPSA) is 40.5 Å². The number of aliphatic carboxylic acids is 1. The number of benzene rings is 1. The summed E-state index contributed by atoms with van der Waals surface area (Å²) in [6.07, 6.45) is 5.09. The number of nitrogens with zero attached hydrogens (tertiary/aromatic N) is 1. The van der Waals surface area contributed by atoms with E-state index < -0.39 is 5.97 Å². The van der Waals surface area contributed by atoms with Crippen LogP contribution in [0.3, 0.4) is 0 Å². The van der Waals surface area contributed by atoms with Crippen LogP contribution < -0.4 is 4.90 Å². The third-order valence-electron chi connectivity index (χ3n) is 4.02. The highest BCUT2D eigenvalue weighted by Gasteiger charge is 2.30. The molecule has 1 aliphatic heterocycles. The Morgan fingerprint density at radius 3 is 2.88 bits per heavy atom. The highest BCUT2D eigenvalue weighted by Crippen LogP contribution is 2.37. The standard InChI is InChI=1S/C14H17NO2/c16-14(17)9-10-3-1-6-13-12(10)7-8-15(13)11-4-2-5-11/h1,3,6,11H,2,4-5,7-9H2,(H,16,17). The largest absolute Gasteiger partial charge is 0.481 e. The maximum absolute atomic E-state index is 10.8. The van der Waals surface area contributed by atoms with E-state index in [-0.39, 0.29) is 6.42 Å². The minimum absolute atomic E-state index is 0.154. The Kier molecular flexibility index (Phi) is 2.54. The van der Waals surface area contributed by atoms with Crippen molar-refractivity contribution in [3.05, 3.63) is 29.3 Å². The molecule has 3 nitrogen and oxygen atoms in total. The van der Waals surface area contributed by atoms with E-state index in [9.17, 15) is 4.79 Å². The first-order chi connectivity index (χ1) is 8.25. The summed E-state index contributed by atoms with van der Waals surface area (Å²) in [5.74, 6) is -0.736.